The largest absolute Gasteiger partial charge is 0.497 e. The average molecular weight is 301 g/mol. The lowest BCUT2D eigenvalue weighted by Gasteiger charge is -2.02. The van der Waals surface area contributed by atoms with Gasteiger partial charge in [-0.15, -0.1) is 0 Å². The number of benzene rings is 1. The summed E-state index contributed by atoms with van der Waals surface area (Å²) in [5.74, 6) is 1.85. The van der Waals surface area contributed by atoms with Crippen LogP contribution in [0.5, 0.6) is 5.75 Å². The first-order chi connectivity index (χ1) is 10.6. The predicted octanol–water partition coefficient (Wildman–Crippen LogP) is 3.35. The Hall–Kier alpha value is -2.63. The Balaban J connectivity index is 1.93. The number of aromatic nitrogens is 3. The fourth-order valence-electron chi connectivity index (χ4n) is 2.22. The highest BCUT2D eigenvalue weighted by molar-refractivity contribution is 5.56. The molecule has 0 N–H and O–H groups in total. The van der Waals surface area contributed by atoms with Crippen LogP contribution in [0.1, 0.15) is 17.3 Å². The van der Waals surface area contributed by atoms with Crippen molar-refractivity contribution in [3.63, 3.8) is 0 Å². The van der Waals surface area contributed by atoms with Crippen molar-refractivity contribution in [3.8, 4) is 17.2 Å². The Morgan fingerprint density at radius 3 is 2.77 bits per heavy atom. The summed E-state index contributed by atoms with van der Waals surface area (Å²) in [4.78, 5) is 8.59. The summed E-state index contributed by atoms with van der Waals surface area (Å²) in [5, 5.41) is 0. The molecule has 0 bridgehead atoms. The molecule has 0 amide bonds. The van der Waals surface area contributed by atoms with Gasteiger partial charge in [-0.3, -0.25) is 0 Å². The maximum Gasteiger partial charge on any atom is 0.229 e. The third kappa shape index (κ3) is 2.59. The number of hydrogen-bond acceptors (Lipinski definition) is 4. The Bertz CT molecular complexity index is 808. The molecule has 1 aromatic carbocycles. The molecule has 0 spiro atoms. The van der Waals surface area contributed by atoms with Crippen molar-refractivity contribution in [3.05, 3.63) is 53.7 Å². The lowest BCUT2D eigenvalue weighted by Crippen LogP contribution is -2.02. The highest BCUT2D eigenvalue weighted by Gasteiger charge is 2.16. The number of imidazole rings is 1. The number of hydrogen-bond donors (Lipinski definition) is 0. The predicted molar refractivity (Wildman–Crippen MR) is 79.3 cm³/mol. The molecule has 0 aliphatic rings. The lowest BCUT2D eigenvalue weighted by atomic mass is 10.2. The molecule has 114 valence electrons. The Morgan fingerprint density at radius 1 is 1.32 bits per heavy atom. The lowest BCUT2D eigenvalue weighted by molar-refractivity contribution is 0.411. The van der Waals surface area contributed by atoms with E-state index in [0.717, 1.165) is 11.5 Å². The summed E-state index contributed by atoms with van der Waals surface area (Å²) in [6.07, 6.45) is 3.60. The molecule has 0 atom stereocenters. The molecule has 0 radical (unpaired) electrons. The summed E-state index contributed by atoms with van der Waals surface area (Å²) in [6.45, 7) is 4.28. The molecule has 3 aromatic rings. The van der Waals surface area contributed by atoms with Gasteiger partial charge in [0.05, 0.1) is 19.2 Å². The molecule has 0 unspecified atom stereocenters. The van der Waals surface area contributed by atoms with E-state index in [1.54, 1.807) is 18.3 Å². The number of halogens is 1. The number of rotatable bonds is 4. The number of oxazole rings is 1. The van der Waals surface area contributed by atoms with Gasteiger partial charge in [0.1, 0.15) is 28.8 Å². The van der Waals surface area contributed by atoms with Crippen LogP contribution in [0.2, 0.25) is 0 Å². The minimum Gasteiger partial charge on any atom is -0.497 e. The van der Waals surface area contributed by atoms with E-state index in [-0.39, 0.29) is 5.89 Å². The van der Waals surface area contributed by atoms with Crippen LogP contribution in [-0.4, -0.2) is 21.6 Å². The van der Waals surface area contributed by atoms with Gasteiger partial charge in [0, 0.05) is 18.5 Å². The summed E-state index contributed by atoms with van der Waals surface area (Å²) in [6, 6.07) is 4.60. The Kier molecular flexibility index (Phi) is 3.66. The van der Waals surface area contributed by atoms with Crippen molar-refractivity contribution in [2.24, 2.45) is 0 Å². The van der Waals surface area contributed by atoms with E-state index in [2.05, 4.69) is 9.97 Å². The molecule has 6 heteroatoms. The number of aryl methyl sites for hydroxylation is 2. The zero-order chi connectivity index (χ0) is 15.7. The van der Waals surface area contributed by atoms with Gasteiger partial charge in [-0.05, 0) is 26.0 Å². The monoisotopic (exact) mass is 301 g/mol. The highest BCUT2D eigenvalue weighted by Crippen LogP contribution is 2.27. The Labute approximate surface area is 127 Å². The topological polar surface area (TPSA) is 53.1 Å². The van der Waals surface area contributed by atoms with Crippen LogP contribution in [0.15, 0.2) is 35.0 Å². The summed E-state index contributed by atoms with van der Waals surface area (Å²) in [7, 11) is 1.50. The van der Waals surface area contributed by atoms with E-state index in [1.165, 1.54) is 13.2 Å². The maximum absolute atomic E-state index is 14.1. The number of nitrogens with zero attached hydrogens (tertiary/aromatic N) is 3. The van der Waals surface area contributed by atoms with Crippen molar-refractivity contribution < 1.29 is 13.5 Å². The summed E-state index contributed by atoms with van der Waals surface area (Å²) >= 11 is 0. The van der Waals surface area contributed by atoms with E-state index >= 15 is 0 Å². The van der Waals surface area contributed by atoms with Crippen LogP contribution in [-0.2, 0) is 6.54 Å². The van der Waals surface area contributed by atoms with Crippen molar-refractivity contribution in [2.45, 2.75) is 20.4 Å². The van der Waals surface area contributed by atoms with Gasteiger partial charge < -0.3 is 13.7 Å². The van der Waals surface area contributed by atoms with Crippen LogP contribution in [0.3, 0.4) is 0 Å². The Morgan fingerprint density at radius 2 is 2.14 bits per heavy atom. The SMILES string of the molecule is COc1ccc(-c2nc(Cn3ccnc3C)c(C)o2)c(F)c1. The molecule has 0 fully saturated rings. The molecule has 0 aliphatic heterocycles. The summed E-state index contributed by atoms with van der Waals surface area (Å²) < 4.78 is 26.7. The van der Waals surface area contributed by atoms with Crippen LogP contribution >= 0.6 is 0 Å². The second-order valence-electron chi connectivity index (χ2n) is 4.97. The molecule has 22 heavy (non-hydrogen) atoms. The first-order valence-electron chi connectivity index (χ1n) is 6.86. The van der Waals surface area contributed by atoms with Crippen LogP contribution in [0, 0.1) is 19.7 Å². The van der Waals surface area contributed by atoms with E-state index in [9.17, 15) is 4.39 Å². The fraction of sp³-hybridized carbons (Fsp3) is 0.250. The number of methoxy groups -OCH3 is 1. The average Bonchev–Trinajstić information content (AvgIpc) is 3.06. The molecule has 3 rings (SSSR count). The van der Waals surface area contributed by atoms with Gasteiger partial charge in [-0.2, -0.15) is 0 Å². The van der Waals surface area contributed by atoms with E-state index in [0.29, 0.717) is 23.6 Å². The maximum atomic E-state index is 14.1. The zero-order valence-electron chi connectivity index (χ0n) is 12.6. The van der Waals surface area contributed by atoms with E-state index < -0.39 is 5.82 Å². The molecule has 5 nitrogen and oxygen atoms in total. The van der Waals surface area contributed by atoms with Gasteiger partial charge >= 0.3 is 0 Å². The molecule has 2 heterocycles. The second kappa shape index (κ2) is 5.63. The molecular formula is C16H16FN3O2. The van der Waals surface area contributed by atoms with Gasteiger partial charge in [-0.1, -0.05) is 0 Å². The standard InChI is InChI=1S/C16H16FN3O2/c1-10-15(9-20-7-6-18-11(20)2)19-16(22-10)13-5-4-12(21-3)8-14(13)17/h4-8H,9H2,1-3H3. The van der Waals surface area contributed by atoms with Crippen LogP contribution < -0.4 is 4.74 Å². The highest BCUT2D eigenvalue weighted by atomic mass is 19.1. The molecule has 2 aromatic heterocycles. The molecular weight excluding hydrogens is 285 g/mol. The van der Waals surface area contributed by atoms with Gasteiger partial charge in [0.2, 0.25) is 5.89 Å². The fourth-order valence-corrected chi connectivity index (χ4v) is 2.22. The first-order valence-corrected chi connectivity index (χ1v) is 6.86. The quantitative estimate of drug-likeness (QED) is 0.741. The van der Waals surface area contributed by atoms with Crippen molar-refractivity contribution in [1.29, 1.82) is 0 Å². The van der Waals surface area contributed by atoms with E-state index in [4.69, 9.17) is 9.15 Å². The third-order valence-corrected chi connectivity index (χ3v) is 3.54. The van der Waals surface area contributed by atoms with Crippen LogP contribution in [0.4, 0.5) is 4.39 Å². The van der Waals surface area contributed by atoms with Crippen molar-refractivity contribution in [2.75, 3.05) is 7.11 Å². The second-order valence-corrected chi connectivity index (χ2v) is 4.97. The smallest absolute Gasteiger partial charge is 0.229 e. The van der Waals surface area contributed by atoms with Gasteiger partial charge in [-0.25, -0.2) is 14.4 Å². The minimum absolute atomic E-state index is 0.269. The van der Waals surface area contributed by atoms with Crippen molar-refractivity contribution in [1.82, 2.24) is 14.5 Å². The van der Waals surface area contributed by atoms with Gasteiger partial charge in [0.25, 0.3) is 0 Å². The molecule has 0 saturated carbocycles. The van der Waals surface area contributed by atoms with Crippen LogP contribution in [0.25, 0.3) is 11.5 Å². The zero-order valence-corrected chi connectivity index (χ0v) is 12.6. The third-order valence-electron chi connectivity index (χ3n) is 3.54. The van der Waals surface area contributed by atoms with E-state index in [1.807, 2.05) is 24.6 Å². The van der Waals surface area contributed by atoms with Gasteiger partial charge in [0.15, 0.2) is 0 Å². The summed E-state index contributed by atoms with van der Waals surface area (Å²) in [5.41, 5.74) is 1.07. The normalized spacial score (nSPS) is 10.9. The van der Waals surface area contributed by atoms with Crippen molar-refractivity contribution >= 4 is 0 Å². The first kappa shape index (κ1) is 14.3. The number of ether oxygens (including phenoxy) is 1. The minimum atomic E-state index is -0.425. The molecule has 0 aliphatic carbocycles. The molecule has 0 saturated heterocycles.